The molecule has 3 rings (SSSR count). The number of para-hydroxylation sites is 1. The zero-order chi connectivity index (χ0) is 13.2. The minimum Gasteiger partial charge on any atom is -0.408 e. The molecule has 1 aromatic heterocycles. The van der Waals surface area contributed by atoms with E-state index in [9.17, 15) is 4.79 Å². The molecule has 0 fully saturated rings. The number of carbonyl (C=O) groups excluding carboxylic acids is 1. The number of rotatable bonds is 3. The Morgan fingerprint density at radius 3 is 3.11 bits per heavy atom. The van der Waals surface area contributed by atoms with E-state index in [0.717, 1.165) is 12.2 Å². The van der Waals surface area contributed by atoms with Gasteiger partial charge in [0.05, 0.1) is 0 Å². The van der Waals surface area contributed by atoms with Crippen LogP contribution in [0.4, 0.5) is 11.7 Å². The average molecular weight is 258 g/mol. The molecule has 0 aliphatic carbocycles. The van der Waals surface area contributed by atoms with Crippen molar-refractivity contribution in [3.05, 3.63) is 35.7 Å². The fourth-order valence-corrected chi connectivity index (χ4v) is 2.28. The first kappa shape index (κ1) is 11.7. The normalized spacial score (nSPS) is 16.8. The van der Waals surface area contributed by atoms with Crippen LogP contribution in [0, 0.1) is 6.92 Å². The first-order valence-corrected chi connectivity index (χ1v) is 6.15. The quantitative estimate of drug-likeness (QED) is 0.879. The second-order valence-electron chi connectivity index (χ2n) is 4.54. The van der Waals surface area contributed by atoms with Gasteiger partial charge in [-0.3, -0.25) is 10.1 Å². The van der Waals surface area contributed by atoms with Crippen LogP contribution < -0.4 is 10.6 Å². The van der Waals surface area contributed by atoms with Crippen molar-refractivity contribution < 1.29 is 9.21 Å². The standard InChI is InChI=1S/C13H14N4O2/c1-8-16-17-13(19-8)15-12(18)6-9-7-14-11-5-3-2-4-10(9)11/h2-5,9,14H,6-7H2,1H3,(H,15,17,18). The highest BCUT2D eigenvalue weighted by Crippen LogP contribution is 2.33. The monoisotopic (exact) mass is 258 g/mol. The molecule has 6 heteroatoms. The fourth-order valence-electron chi connectivity index (χ4n) is 2.28. The molecule has 6 nitrogen and oxygen atoms in total. The van der Waals surface area contributed by atoms with E-state index in [1.54, 1.807) is 6.92 Å². The zero-order valence-electron chi connectivity index (χ0n) is 10.5. The van der Waals surface area contributed by atoms with Gasteiger partial charge >= 0.3 is 6.01 Å². The molecule has 2 heterocycles. The topological polar surface area (TPSA) is 80.0 Å². The summed E-state index contributed by atoms with van der Waals surface area (Å²) in [6.45, 7) is 2.45. The molecular weight excluding hydrogens is 244 g/mol. The molecule has 1 aliphatic rings. The van der Waals surface area contributed by atoms with Gasteiger partial charge < -0.3 is 9.73 Å². The SMILES string of the molecule is Cc1nnc(NC(=O)CC2CNc3ccccc32)o1. The Hall–Kier alpha value is -2.37. The third kappa shape index (κ3) is 2.42. The summed E-state index contributed by atoms with van der Waals surface area (Å²) in [4.78, 5) is 11.9. The molecule has 1 aliphatic heterocycles. The molecule has 0 saturated heterocycles. The van der Waals surface area contributed by atoms with Crippen LogP contribution in [0.25, 0.3) is 0 Å². The Bertz CT molecular complexity index is 608. The summed E-state index contributed by atoms with van der Waals surface area (Å²) in [6, 6.07) is 8.19. The third-order valence-corrected chi connectivity index (χ3v) is 3.14. The molecule has 2 N–H and O–H groups in total. The second kappa shape index (κ2) is 4.72. The van der Waals surface area contributed by atoms with Crippen molar-refractivity contribution >= 4 is 17.6 Å². The Balaban J connectivity index is 1.65. The number of anilines is 2. The van der Waals surface area contributed by atoms with E-state index < -0.39 is 0 Å². The van der Waals surface area contributed by atoms with Crippen LogP contribution in [0.1, 0.15) is 23.8 Å². The number of hydrogen-bond donors (Lipinski definition) is 2. The summed E-state index contributed by atoms with van der Waals surface area (Å²) in [6.07, 6.45) is 0.394. The first-order chi connectivity index (χ1) is 9.22. The van der Waals surface area contributed by atoms with Crippen molar-refractivity contribution in [2.45, 2.75) is 19.3 Å². The third-order valence-electron chi connectivity index (χ3n) is 3.14. The first-order valence-electron chi connectivity index (χ1n) is 6.15. The number of hydrogen-bond acceptors (Lipinski definition) is 5. The maximum absolute atomic E-state index is 11.9. The van der Waals surface area contributed by atoms with Gasteiger partial charge in [-0.05, 0) is 11.6 Å². The predicted molar refractivity (Wildman–Crippen MR) is 70.0 cm³/mol. The van der Waals surface area contributed by atoms with Crippen LogP contribution in [0.2, 0.25) is 0 Å². The fraction of sp³-hybridized carbons (Fsp3) is 0.308. The van der Waals surface area contributed by atoms with E-state index in [0.29, 0.717) is 12.3 Å². The number of fused-ring (bicyclic) bond motifs is 1. The van der Waals surface area contributed by atoms with Crippen molar-refractivity contribution in [3.8, 4) is 0 Å². The lowest BCUT2D eigenvalue weighted by molar-refractivity contribution is -0.116. The van der Waals surface area contributed by atoms with Gasteiger partial charge in [0, 0.05) is 31.5 Å². The van der Waals surface area contributed by atoms with Gasteiger partial charge in [-0.1, -0.05) is 23.3 Å². The molecule has 1 atom stereocenters. The molecular formula is C13H14N4O2. The minimum atomic E-state index is -0.118. The molecule has 1 aromatic carbocycles. The summed E-state index contributed by atoms with van der Waals surface area (Å²) in [5, 5.41) is 13.3. The number of aromatic nitrogens is 2. The molecule has 0 bridgehead atoms. The summed E-state index contributed by atoms with van der Waals surface area (Å²) >= 11 is 0. The number of aryl methyl sites for hydroxylation is 1. The largest absolute Gasteiger partial charge is 0.408 e. The van der Waals surface area contributed by atoms with Crippen molar-refractivity contribution in [1.82, 2.24) is 10.2 Å². The maximum Gasteiger partial charge on any atom is 0.322 e. The van der Waals surface area contributed by atoms with Gasteiger partial charge in [0.15, 0.2) is 0 Å². The second-order valence-corrected chi connectivity index (χ2v) is 4.54. The van der Waals surface area contributed by atoms with Crippen LogP contribution >= 0.6 is 0 Å². The van der Waals surface area contributed by atoms with Crippen molar-refractivity contribution in [2.75, 3.05) is 17.2 Å². The lowest BCUT2D eigenvalue weighted by atomic mass is 9.98. The van der Waals surface area contributed by atoms with Gasteiger partial charge in [0.2, 0.25) is 11.8 Å². The number of nitrogens with zero attached hydrogens (tertiary/aromatic N) is 2. The lowest BCUT2D eigenvalue weighted by Crippen LogP contribution is -2.16. The van der Waals surface area contributed by atoms with Gasteiger partial charge in [0.1, 0.15) is 0 Å². The minimum absolute atomic E-state index is 0.118. The summed E-state index contributed by atoms with van der Waals surface area (Å²) in [7, 11) is 0. The van der Waals surface area contributed by atoms with Crippen molar-refractivity contribution in [1.29, 1.82) is 0 Å². The van der Waals surface area contributed by atoms with Gasteiger partial charge in [0.25, 0.3) is 0 Å². The summed E-state index contributed by atoms with van der Waals surface area (Å²) in [5.74, 6) is 0.496. The highest BCUT2D eigenvalue weighted by Gasteiger charge is 2.24. The Labute approximate surface area is 110 Å². The molecule has 0 radical (unpaired) electrons. The molecule has 0 saturated carbocycles. The smallest absolute Gasteiger partial charge is 0.322 e. The van der Waals surface area contributed by atoms with Gasteiger partial charge in [-0.2, -0.15) is 0 Å². The average Bonchev–Trinajstić information content (AvgIpc) is 2.97. The summed E-state index contributed by atoms with van der Waals surface area (Å²) in [5.41, 5.74) is 2.29. The van der Waals surface area contributed by atoms with Crippen LogP contribution in [0.15, 0.2) is 28.7 Å². The molecule has 98 valence electrons. The van der Waals surface area contributed by atoms with Crippen LogP contribution in [-0.4, -0.2) is 22.6 Å². The number of benzene rings is 1. The Morgan fingerprint density at radius 2 is 2.32 bits per heavy atom. The van der Waals surface area contributed by atoms with Gasteiger partial charge in [-0.15, -0.1) is 5.10 Å². The number of nitrogens with one attached hydrogen (secondary N) is 2. The predicted octanol–water partition coefficient (Wildman–Crippen LogP) is 1.92. The van der Waals surface area contributed by atoms with Crippen LogP contribution in [-0.2, 0) is 4.79 Å². The van der Waals surface area contributed by atoms with E-state index in [-0.39, 0.29) is 17.8 Å². The molecule has 2 aromatic rings. The number of amides is 1. The van der Waals surface area contributed by atoms with Crippen molar-refractivity contribution in [2.24, 2.45) is 0 Å². The Morgan fingerprint density at radius 1 is 1.47 bits per heavy atom. The highest BCUT2D eigenvalue weighted by molar-refractivity contribution is 5.89. The molecule has 1 unspecified atom stereocenters. The molecule has 1 amide bonds. The van der Waals surface area contributed by atoms with E-state index in [1.807, 2.05) is 24.3 Å². The van der Waals surface area contributed by atoms with Gasteiger partial charge in [-0.25, -0.2) is 0 Å². The maximum atomic E-state index is 11.9. The van der Waals surface area contributed by atoms with Crippen LogP contribution in [0.3, 0.4) is 0 Å². The van der Waals surface area contributed by atoms with E-state index in [4.69, 9.17) is 4.42 Å². The highest BCUT2D eigenvalue weighted by atomic mass is 16.4. The zero-order valence-corrected chi connectivity index (χ0v) is 10.5. The molecule has 0 spiro atoms. The van der Waals surface area contributed by atoms with Crippen LogP contribution in [0.5, 0.6) is 0 Å². The van der Waals surface area contributed by atoms with E-state index >= 15 is 0 Å². The number of carbonyl (C=O) groups is 1. The van der Waals surface area contributed by atoms with E-state index in [2.05, 4.69) is 20.8 Å². The lowest BCUT2D eigenvalue weighted by Gasteiger charge is -2.08. The van der Waals surface area contributed by atoms with Crippen molar-refractivity contribution in [3.63, 3.8) is 0 Å². The Kier molecular flexibility index (Phi) is 2.91. The van der Waals surface area contributed by atoms with E-state index in [1.165, 1.54) is 5.56 Å². The molecule has 19 heavy (non-hydrogen) atoms. The summed E-state index contributed by atoms with van der Waals surface area (Å²) < 4.78 is 5.12.